The fraction of sp³-hybridized carbons (Fsp3) is 0.214. The number of aliphatic hydroxyl groups excluding tert-OH is 1. The zero-order valence-corrected chi connectivity index (χ0v) is 18.6. The second-order valence-electron chi connectivity index (χ2n) is 7.99. The minimum Gasteiger partial charge on any atom is -0.503 e. The molecule has 4 rings (SSSR count). The van der Waals surface area contributed by atoms with Crippen LogP contribution in [-0.4, -0.2) is 28.3 Å². The lowest BCUT2D eigenvalue weighted by Gasteiger charge is -2.27. The number of benzene rings is 3. The van der Waals surface area contributed by atoms with Crippen LogP contribution in [0, 0.1) is 0 Å². The summed E-state index contributed by atoms with van der Waals surface area (Å²) >= 11 is 0. The molecule has 0 bridgehead atoms. The van der Waals surface area contributed by atoms with Gasteiger partial charge in [-0.05, 0) is 42.2 Å². The fourth-order valence-corrected chi connectivity index (χ4v) is 4.18. The second kappa shape index (κ2) is 10.2. The molecular formula is C28H27NO4. The predicted octanol–water partition coefficient (Wildman–Crippen LogP) is 5.18. The number of rotatable bonds is 9. The molecule has 5 nitrogen and oxygen atoms in total. The van der Waals surface area contributed by atoms with Gasteiger partial charge >= 0.3 is 0 Å². The van der Waals surface area contributed by atoms with Crippen LogP contribution in [0.15, 0.2) is 96.3 Å². The van der Waals surface area contributed by atoms with E-state index in [0.717, 1.165) is 22.4 Å². The van der Waals surface area contributed by atoms with E-state index in [4.69, 9.17) is 4.74 Å². The summed E-state index contributed by atoms with van der Waals surface area (Å²) in [5, 5.41) is 10.8. The minimum atomic E-state index is -0.631. The molecule has 0 saturated carbocycles. The Bertz CT molecular complexity index is 1140. The Labute approximate surface area is 193 Å². The Morgan fingerprint density at radius 3 is 2.18 bits per heavy atom. The number of ether oxygens (including phenoxy) is 1. The molecule has 168 valence electrons. The summed E-state index contributed by atoms with van der Waals surface area (Å²) in [5.74, 6) is -0.437. The number of aryl methyl sites for hydroxylation is 1. The van der Waals surface area contributed by atoms with Crippen LogP contribution in [0.4, 0.5) is 0 Å². The number of amides is 1. The van der Waals surface area contributed by atoms with Crippen molar-refractivity contribution < 1.29 is 19.4 Å². The number of aliphatic hydroxyl groups is 1. The summed E-state index contributed by atoms with van der Waals surface area (Å²) in [6.45, 7) is 2.77. The van der Waals surface area contributed by atoms with Crippen molar-refractivity contribution in [3.8, 4) is 5.75 Å². The molecule has 0 saturated heterocycles. The lowest BCUT2D eigenvalue weighted by Crippen LogP contribution is -2.30. The van der Waals surface area contributed by atoms with E-state index in [9.17, 15) is 14.7 Å². The summed E-state index contributed by atoms with van der Waals surface area (Å²) < 4.78 is 5.50. The second-order valence-corrected chi connectivity index (χ2v) is 7.99. The lowest BCUT2D eigenvalue weighted by atomic mass is 9.93. The van der Waals surface area contributed by atoms with E-state index >= 15 is 0 Å². The van der Waals surface area contributed by atoms with Gasteiger partial charge in [0.15, 0.2) is 11.5 Å². The molecule has 0 fully saturated rings. The molecule has 1 aliphatic heterocycles. The van der Waals surface area contributed by atoms with Gasteiger partial charge in [0, 0.05) is 13.0 Å². The van der Waals surface area contributed by atoms with Gasteiger partial charge in [-0.1, -0.05) is 72.8 Å². The molecule has 3 aromatic carbocycles. The van der Waals surface area contributed by atoms with Gasteiger partial charge in [-0.25, -0.2) is 0 Å². The molecule has 0 aliphatic carbocycles. The molecule has 1 heterocycles. The van der Waals surface area contributed by atoms with Crippen LogP contribution >= 0.6 is 0 Å². The third-order valence-corrected chi connectivity index (χ3v) is 5.79. The first kappa shape index (κ1) is 22.3. The fourth-order valence-electron chi connectivity index (χ4n) is 4.18. The first-order valence-electron chi connectivity index (χ1n) is 11.2. The van der Waals surface area contributed by atoms with E-state index in [2.05, 4.69) is 0 Å². The maximum Gasteiger partial charge on any atom is 0.290 e. The van der Waals surface area contributed by atoms with Gasteiger partial charge in [0.25, 0.3) is 5.91 Å². The van der Waals surface area contributed by atoms with Crippen molar-refractivity contribution >= 4 is 11.7 Å². The average molecular weight is 442 g/mol. The molecule has 1 N–H and O–H groups in total. The van der Waals surface area contributed by atoms with Crippen LogP contribution < -0.4 is 4.74 Å². The molecule has 1 amide bonds. The number of Topliss-reactive ketones (excluding diaryl/α,β-unsaturated/α-hetero) is 1. The Balaban J connectivity index is 1.61. The SMILES string of the molecule is CCOc1ccc(CN2C(=O)C(O)=C(C(=O)CCc3ccccc3)C2c2ccccc2)cc1. The topological polar surface area (TPSA) is 66.8 Å². The highest BCUT2D eigenvalue weighted by Crippen LogP contribution is 2.39. The maximum absolute atomic E-state index is 13.3. The molecule has 1 unspecified atom stereocenters. The number of ketones is 1. The zero-order valence-electron chi connectivity index (χ0n) is 18.6. The molecule has 0 aromatic heterocycles. The van der Waals surface area contributed by atoms with E-state index < -0.39 is 17.7 Å². The highest BCUT2D eigenvalue weighted by molar-refractivity contribution is 6.09. The predicted molar refractivity (Wildman–Crippen MR) is 127 cm³/mol. The van der Waals surface area contributed by atoms with E-state index in [1.165, 1.54) is 0 Å². The number of hydrogen-bond donors (Lipinski definition) is 1. The van der Waals surface area contributed by atoms with Crippen molar-refractivity contribution in [1.29, 1.82) is 0 Å². The number of nitrogens with zero attached hydrogens (tertiary/aromatic N) is 1. The van der Waals surface area contributed by atoms with E-state index in [1.807, 2.05) is 91.9 Å². The van der Waals surface area contributed by atoms with Crippen LogP contribution in [0.2, 0.25) is 0 Å². The third kappa shape index (κ3) is 4.98. The number of hydrogen-bond acceptors (Lipinski definition) is 4. The number of carbonyl (C=O) groups is 2. The largest absolute Gasteiger partial charge is 0.503 e. The van der Waals surface area contributed by atoms with Crippen LogP contribution in [0.1, 0.15) is 36.1 Å². The zero-order chi connectivity index (χ0) is 23.2. The molecule has 1 aliphatic rings. The Kier molecular flexibility index (Phi) is 6.89. The third-order valence-electron chi connectivity index (χ3n) is 5.79. The molecule has 5 heteroatoms. The Morgan fingerprint density at radius 2 is 1.55 bits per heavy atom. The molecule has 1 atom stereocenters. The van der Waals surface area contributed by atoms with Crippen LogP contribution in [0.25, 0.3) is 0 Å². The maximum atomic E-state index is 13.3. The van der Waals surface area contributed by atoms with Crippen LogP contribution in [0.5, 0.6) is 5.75 Å². The van der Waals surface area contributed by atoms with Crippen molar-refractivity contribution in [3.63, 3.8) is 0 Å². The smallest absolute Gasteiger partial charge is 0.290 e. The van der Waals surface area contributed by atoms with Gasteiger partial charge in [0.1, 0.15) is 5.75 Å². The summed E-state index contributed by atoms with van der Waals surface area (Å²) in [7, 11) is 0. The van der Waals surface area contributed by atoms with Gasteiger partial charge in [-0.15, -0.1) is 0 Å². The molecule has 33 heavy (non-hydrogen) atoms. The van der Waals surface area contributed by atoms with Crippen molar-refractivity contribution in [1.82, 2.24) is 4.90 Å². The van der Waals surface area contributed by atoms with Crippen molar-refractivity contribution in [2.24, 2.45) is 0 Å². The summed E-state index contributed by atoms with van der Waals surface area (Å²) in [6, 6.07) is 26.0. The van der Waals surface area contributed by atoms with Gasteiger partial charge < -0.3 is 14.7 Å². The summed E-state index contributed by atoms with van der Waals surface area (Å²) in [5.41, 5.74) is 2.90. The monoisotopic (exact) mass is 441 g/mol. The van der Waals surface area contributed by atoms with Crippen molar-refractivity contribution in [2.45, 2.75) is 32.4 Å². The first-order chi connectivity index (χ1) is 16.1. The standard InChI is InChI=1S/C28H27NO4/c1-2-33-23-16-13-21(14-17-23)19-29-26(22-11-7-4-8-12-22)25(27(31)28(29)32)24(30)18-15-20-9-5-3-6-10-20/h3-14,16-17,26,31H,2,15,18-19H2,1H3. The average Bonchev–Trinajstić information content (AvgIpc) is 3.10. The molecule has 0 radical (unpaired) electrons. The van der Waals surface area contributed by atoms with Gasteiger partial charge in [-0.2, -0.15) is 0 Å². The summed E-state index contributed by atoms with van der Waals surface area (Å²) in [6.07, 6.45) is 0.766. The molecule has 3 aromatic rings. The van der Waals surface area contributed by atoms with E-state index in [0.29, 0.717) is 13.0 Å². The highest BCUT2D eigenvalue weighted by atomic mass is 16.5. The Hall–Kier alpha value is -3.86. The van der Waals surface area contributed by atoms with Crippen molar-refractivity contribution in [2.75, 3.05) is 6.61 Å². The van der Waals surface area contributed by atoms with Gasteiger partial charge in [-0.3, -0.25) is 9.59 Å². The van der Waals surface area contributed by atoms with Crippen LogP contribution in [0.3, 0.4) is 0 Å². The number of carbonyl (C=O) groups excluding carboxylic acids is 2. The Morgan fingerprint density at radius 1 is 0.909 bits per heavy atom. The van der Waals surface area contributed by atoms with Gasteiger partial charge in [0.05, 0.1) is 18.2 Å². The summed E-state index contributed by atoms with van der Waals surface area (Å²) in [4.78, 5) is 27.9. The first-order valence-corrected chi connectivity index (χ1v) is 11.2. The normalized spacial score (nSPS) is 15.7. The van der Waals surface area contributed by atoms with Crippen LogP contribution in [-0.2, 0) is 22.6 Å². The highest BCUT2D eigenvalue weighted by Gasteiger charge is 2.43. The molecular weight excluding hydrogens is 414 g/mol. The quantitative estimate of drug-likeness (QED) is 0.497. The minimum absolute atomic E-state index is 0.174. The van der Waals surface area contributed by atoms with E-state index in [-0.39, 0.29) is 24.3 Å². The molecule has 0 spiro atoms. The van der Waals surface area contributed by atoms with Gasteiger partial charge in [0.2, 0.25) is 0 Å². The van der Waals surface area contributed by atoms with E-state index in [1.54, 1.807) is 4.90 Å². The lowest BCUT2D eigenvalue weighted by molar-refractivity contribution is -0.130. The van der Waals surface area contributed by atoms with Crippen molar-refractivity contribution in [3.05, 3.63) is 113 Å².